The second kappa shape index (κ2) is 11.3. The minimum absolute atomic E-state index is 0.0200. The zero-order valence-corrected chi connectivity index (χ0v) is 22.3. The van der Waals surface area contributed by atoms with Crippen LogP contribution in [0.5, 0.6) is 5.75 Å². The fourth-order valence-electron chi connectivity index (χ4n) is 5.42. The van der Waals surface area contributed by atoms with Gasteiger partial charge in [-0.1, -0.05) is 66.2 Å². The maximum atomic E-state index is 13.7. The number of hydrogen-bond acceptors (Lipinski definition) is 5. The highest BCUT2D eigenvalue weighted by atomic mass is 35.5. The molecule has 0 unspecified atom stereocenters. The topological polar surface area (TPSA) is 64.6 Å². The van der Waals surface area contributed by atoms with Gasteiger partial charge in [-0.05, 0) is 60.2 Å². The van der Waals surface area contributed by atoms with Gasteiger partial charge < -0.3 is 14.8 Å². The molecule has 0 saturated carbocycles. The molecule has 1 N–H and O–H groups in total. The zero-order valence-electron chi connectivity index (χ0n) is 21.5. The fourth-order valence-corrected chi connectivity index (χ4v) is 5.62. The molecule has 1 aliphatic carbocycles. The summed E-state index contributed by atoms with van der Waals surface area (Å²) in [7, 11) is 1.64. The first kappa shape index (κ1) is 25.8. The number of nitrogens with one attached hydrogen (secondary N) is 1. The second-order valence-corrected chi connectivity index (χ2v) is 10.2. The number of dihydropyridines is 1. The Morgan fingerprint density at radius 2 is 1.74 bits per heavy atom. The van der Waals surface area contributed by atoms with Crippen LogP contribution in [0, 0.1) is 0 Å². The third kappa shape index (κ3) is 5.39. The van der Waals surface area contributed by atoms with Crippen molar-refractivity contribution in [2.75, 3.05) is 13.7 Å². The minimum atomic E-state index is -0.543. The summed E-state index contributed by atoms with van der Waals surface area (Å²) in [5.74, 6) is -0.133. The van der Waals surface area contributed by atoms with Crippen molar-refractivity contribution in [3.63, 3.8) is 0 Å². The van der Waals surface area contributed by atoms with Gasteiger partial charge in [0.25, 0.3) is 0 Å². The van der Waals surface area contributed by atoms with Crippen molar-refractivity contribution < 1.29 is 19.1 Å². The van der Waals surface area contributed by atoms with Crippen LogP contribution >= 0.6 is 11.6 Å². The van der Waals surface area contributed by atoms with Crippen LogP contribution in [0.4, 0.5) is 0 Å². The number of benzene rings is 3. The van der Waals surface area contributed by atoms with Gasteiger partial charge in [0.05, 0.1) is 19.3 Å². The molecule has 1 heterocycles. The van der Waals surface area contributed by atoms with Gasteiger partial charge >= 0.3 is 5.97 Å². The number of halogens is 1. The summed E-state index contributed by atoms with van der Waals surface area (Å²) in [5.41, 5.74) is 5.60. The summed E-state index contributed by atoms with van der Waals surface area (Å²) < 4.78 is 11.0. The molecule has 3 aromatic rings. The maximum absolute atomic E-state index is 13.7. The quantitative estimate of drug-likeness (QED) is 0.355. The van der Waals surface area contributed by atoms with E-state index < -0.39 is 11.9 Å². The van der Waals surface area contributed by atoms with Crippen molar-refractivity contribution in [2.45, 2.75) is 38.0 Å². The van der Waals surface area contributed by atoms with Gasteiger partial charge in [0.15, 0.2) is 5.78 Å². The number of carbonyl (C=O) groups is 2. The number of allylic oxidation sites excluding steroid dienone is 3. The molecule has 2 atom stereocenters. The lowest BCUT2D eigenvalue weighted by molar-refractivity contribution is -0.139. The van der Waals surface area contributed by atoms with Gasteiger partial charge in [-0.2, -0.15) is 0 Å². The van der Waals surface area contributed by atoms with Crippen LogP contribution in [0.15, 0.2) is 101 Å². The van der Waals surface area contributed by atoms with E-state index in [0.29, 0.717) is 41.1 Å². The van der Waals surface area contributed by atoms with E-state index in [1.54, 1.807) is 13.2 Å². The number of ether oxygens (including phenoxy) is 2. The third-order valence-corrected chi connectivity index (χ3v) is 7.52. The van der Waals surface area contributed by atoms with Gasteiger partial charge in [-0.3, -0.25) is 4.79 Å². The number of methoxy groups -OCH3 is 1. The van der Waals surface area contributed by atoms with Gasteiger partial charge in [0.2, 0.25) is 0 Å². The SMILES string of the molecule is COc1ccc([C@H]2CC(=O)C3=C(C2)NC(C)=C(C(=O)OCCc2ccccc2)[C@H]3c2cccc(Cl)c2)cc1. The van der Waals surface area contributed by atoms with Gasteiger partial charge in [0, 0.05) is 40.7 Å². The molecule has 5 rings (SSSR count). The molecule has 194 valence electrons. The Hall–Kier alpha value is -3.83. The molecule has 2 aliphatic rings. The third-order valence-electron chi connectivity index (χ3n) is 7.28. The molecule has 5 nitrogen and oxygen atoms in total. The smallest absolute Gasteiger partial charge is 0.336 e. The largest absolute Gasteiger partial charge is 0.497 e. The molecule has 3 aromatic carbocycles. The Kier molecular flexibility index (Phi) is 7.66. The Morgan fingerprint density at radius 1 is 0.974 bits per heavy atom. The van der Waals surface area contributed by atoms with E-state index in [0.717, 1.165) is 28.1 Å². The van der Waals surface area contributed by atoms with Crippen molar-refractivity contribution in [1.29, 1.82) is 0 Å². The van der Waals surface area contributed by atoms with E-state index in [1.807, 2.05) is 79.7 Å². The highest BCUT2D eigenvalue weighted by molar-refractivity contribution is 6.30. The summed E-state index contributed by atoms with van der Waals surface area (Å²) in [6, 6.07) is 25.1. The number of hydrogen-bond donors (Lipinski definition) is 1. The summed E-state index contributed by atoms with van der Waals surface area (Å²) >= 11 is 6.36. The standard InChI is InChI=1S/C32H30ClNO4/c1-20-29(32(36)38-16-15-21-7-4-3-5-8-21)30(23-9-6-10-25(33)17-23)31-27(34-20)18-24(19-28(31)35)22-11-13-26(37-2)14-12-22/h3-14,17,24,30,34H,15-16,18-19H2,1-2H3/t24-,30-/m1/s1. The van der Waals surface area contributed by atoms with E-state index in [2.05, 4.69) is 5.32 Å². The lowest BCUT2D eigenvalue weighted by atomic mass is 9.72. The van der Waals surface area contributed by atoms with Crippen molar-refractivity contribution in [2.24, 2.45) is 0 Å². The van der Waals surface area contributed by atoms with Crippen LogP contribution in [0.25, 0.3) is 0 Å². The van der Waals surface area contributed by atoms with E-state index in [4.69, 9.17) is 21.1 Å². The molecule has 0 bridgehead atoms. The Labute approximate surface area is 228 Å². The van der Waals surface area contributed by atoms with Crippen LogP contribution in [0.1, 0.15) is 48.3 Å². The minimum Gasteiger partial charge on any atom is -0.497 e. The van der Waals surface area contributed by atoms with Crippen molar-refractivity contribution in [1.82, 2.24) is 5.32 Å². The molecule has 38 heavy (non-hydrogen) atoms. The van der Waals surface area contributed by atoms with E-state index in [-0.39, 0.29) is 18.3 Å². The van der Waals surface area contributed by atoms with Gasteiger partial charge in [0.1, 0.15) is 5.75 Å². The first-order valence-corrected chi connectivity index (χ1v) is 13.2. The Bertz CT molecular complexity index is 1410. The molecule has 0 fully saturated rings. The van der Waals surface area contributed by atoms with Crippen molar-refractivity contribution >= 4 is 23.4 Å². The van der Waals surface area contributed by atoms with Gasteiger partial charge in [-0.25, -0.2) is 4.79 Å². The normalized spacial score (nSPS) is 19.1. The van der Waals surface area contributed by atoms with Crippen molar-refractivity contribution in [3.05, 3.63) is 123 Å². The zero-order chi connectivity index (χ0) is 26.6. The molecule has 0 amide bonds. The van der Waals surface area contributed by atoms with Crippen LogP contribution < -0.4 is 10.1 Å². The predicted octanol–water partition coefficient (Wildman–Crippen LogP) is 6.50. The Morgan fingerprint density at radius 3 is 2.45 bits per heavy atom. The molecular formula is C32H30ClNO4. The first-order chi connectivity index (χ1) is 18.4. The number of esters is 1. The lowest BCUT2D eigenvalue weighted by Gasteiger charge is -2.36. The number of ketones is 1. The summed E-state index contributed by atoms with van der Waals surface area (Å²) in [6.45, 7) is 2.12. The summed E-state index contributed by atoms with van der Waals surface area (Å²) in [4.78, 5) is 27.2. The van der Waals surface area contributed by atoms with E-state index in [9.17, 15) is 9.59 Å². The van der Waals surface area contributed by atoms with Crippen LogP contribution in [0.3, 0.4) is 0 Å². The van der Waals surface area contributed by atoms with Crippen LogP contribution in [-0.2, 0) is 20.7 Å². The summed E-state index contributed by atoms with van der Waals surface area (Å²) in [6.07, 6.45) is 1.64. The molecule has 0 radical (unpaired) electrons. The highest BCUT2D eigenvalue weighted by Gasteiger charge is 2.41. The fraction of sp³-hybridized carbons (Fsp3) is 0.250. The van der Waals surface area contributed by atoms with Crippen molar-refractivity contribution in [3.8, 4) is 5.75 Å². The first-order valence-electron chi connectivity index (χ1n) is 12.8. The van der Waals surface area contributed by atoms with E-state index in [1.165, 1.54) is 0 Å². The lowest BCUT2D eigenvalue weighted by Crippen LogP contribution is -2.36. The Balaban J connectivity index is 1.45. The number of carbonyl (C=O) groups excluding carboxylic acids is 2. The van der Waals surface area contributed by atoms with Crippen LogP contribution in [0.2, 0.25) is 5.02 Å². The number of Topliss-reactive ketones (excluding diaryl/α,β-unsaturated/α-hetero) is 1. The molecule has 0 spiro atoms. The van der Waals surface area contributed by atoms with Gasteiger partial charge in [-0.15, -0.1) is 0 Å². The number of rotatable bonds is 7. The van der Waals surface area contributed by atoms with E-state index >= 15 is 0 Å². The molecule has 6 heteroatoms. The predicted molar refractivity (Wildman–Crippen MR) is 148 cm³/mol. The summed E-state index contributed by atoms with van der Waals surface area (Å²) in [5, 5.41) is 3.96. The monoisotopic (exact) mass is 527 g/mol. The molecule has 0 saturated heterocycles. The average Bonchev–Trinajstić information content (AvgIpc) is 2.92. The average molecular weight is 528 g/mol. The molecule has 1 aliphatic heterocycles. The molecule has 0 aromatic heterocycles. The second-order valence-electron chi connectivity index (χ2n) is 9.72. The van der Waals surface area contributed by atoms with Crippen LogP contribution in [-0.4, -0.2) is 25.5 Å². The highest BCUT2D eigenvalue weighted by Crippen LogP contribution is 2.46. The molecular weight excluding hydrogens is 498 g/mol. The maximum Gasteiger partial charge on any atom is 0.336 e.